The lowest BCUT2D eigenvalue weighted by Crippen LogP contribution is -2.51. The first kappa shape index (κ1) is 21.5. The fourth-order valence-corrected chi connectivity index (χ4v) is 4.00. The van der Waals surface area contributed by atoms with E-state index in [0.717, 1.165) is 48.8 Å². The predicted molar refractivity (Wildman–Crippen MR) is 116 cm³/mol. The van der Waals surface area contributed by atoms with Crippen molar-refractivity contribution < 1.29 is 14.3 Å². The molecule has 2 heterocycles. The van der Waals surface area contributed by atoms with Crippen LogP contribution in [0, 0.1) is 6.92 Å². The Morgan fingerprint density at radius 1 is 1.34 bits per heavy atom. The maximum Gasteiger partial charge on any atom is 0.273 e. The number of fused-ring (bicyclic) bond motifs is 1. The SMILES string of the molecule is COCCCOc1cc(C(=O)N(C(C)C)[C@@H]2CCCNC2)nc2c(C)cccc12. The average Bonchev–Trinajstić information content (AvgIpc) is 2.72. The molecule has 0 saturated carbocycles. The van der Waals surface area contributed by atoms with Crippen LogP contribution in [0.25, 0.3) is 10.9 Å². The number of aromatic nitrogens is 1. The van der Waals surface area contributed by atoms with Gasteiger partial charge in [0.25, 0.3) is 5.91 Å². The van der Waals surface area contributed by atoms with Gasteiger partial charge in [0, 0.05) is 50.2 Å². The van der Waals surface area contributed by atoms with Gasteiger partial charge in [0.1, 0.15) is 11.4 Å². The number of nitrogens with zero attached hydrogens (tertiary/aromatic N) is 2. The van der Waals surface area contributed by atoms with Crippen molar-refractivity contribution in [2.45, 2.75) is 52.1 Å². The lowest BCUT2D eigenvalue weighted by molar-refractivity contribution is 0.0567. The quantitative estimate of drug-likeness (QED) is 0.688. The van der Waals surface area contributed by atoms with Crippen LogP contribution in [0.3, 0.4) is 0 Å². The summed E-state index contributed by atoms with van der Waals surface area (Å²) in [5, 5.41) is 4.35. The molecular formula is C23H33N3O3. The fraction of sp³-hybridized carbons (Fsp3) is 0.565. The van der Waals surface area contributed by atoms with Crippen LogP contribution in [0.1, 0.15) is 49.2 Å². The van der Waals surface area contributed by atoms with Crippen molar-refractivity contribution in [3.8, 4) is 5.75 Å². The number of pyridine rings is 1. The van der Waals surface area contributed by atoms with E-state index in [0.29, 0.717) is 24.7 Å². The van der Waals surface area contributed by atoms with Crippen LogP contribution < -0.4 is 10.1 Å². The first-order valence-corrected chi connectivity index (χ1v) is 10.6. The van der Waals surface area contributed by atoms with E-state index in [4.69, 9.17) is 14.5 Å². The number of benzene rings is 1. The summed E-state index contributed by atoms with van der Waals surface area (Å²) in [5.41, 5.74) is 2.31. The van der Waals surface area contributed by atoms with Crippen molar-refractivity contribution in [1.82, 2.24) is 15.2 Å². The van der Waals surface area contributed by atoms with E-state index < -0.39 is 0 Å². The topological polar surface area (TPSA) is 63.7 Å². The maximum atomic E-state index is 13.5. The Morgan fingerprint density at radius 3 is 2.86 bits per heavy atom. The van der Waals surface area contributed by atoms with Crippen molar-refractivity contribution in [3.63, 3.8) is 0 Å². The standard InChI is InChI=1S/C23H33N3O3/c1-16(2)26(18-9-6-11-24-15-18)23(27)20-14-21(29-13-7-12-28-4)19-10-5-8-17(3)22(19)25-20/h5,8,10,14,16,18,24H,6-7,9,11-13,15H2,1-4H3/t18-/m1/s1. The Labute approximate surface area is 173 Å². The Morgan fingerprint density at radius 2 is 2.17 bits per heavy atom. The van der Waals surface area contributed by atoms with Gasteiger partial charge in [0.05, 0.1) is 12.1 Å². The summed E-state index contributed by atoms with van der Waals surface area (Å²) in [4.78, 5) is 20.3. The second-order valence-electron chi connectivity index (χ2n) is 7.98. The number of para-hydroxylation sites is 1. The van der Waals surface area contributed by atoms with Crippen LogP contribution in [0.15, 0.2) is 24.3 Å². The average molecular weight is 400 g/mol. The summed E-state index contributed by atoms with van der Waals surface area (Å²) in [5.74, 6) is 0.684. The Kier molecular flexibility index (Phi) is 7.45. The van der Waals surface area contributed by atoms with Gasteiger partial charge in [0.2, 0.25) is 0 Å². The van der Waals surface area contributed by atoms with Crippen LogP contribution in [0.2, 0.25) is 0 Å². The Bertz CT molecular complexity index is 831. The van der Waals surface area contributed by atoms with Crippen LogP contribution >= 0.6 is 0 Å². The Hall–Kier alpha value is -2.18. The van der Waals surface area contributed by atoms with Crippen LogP contribution in [-0.4, -0.2) is 61.3 Å². The van der Waals surface area contributed by atoms with Gasteiger partial charge >= 0.3 is 0 Å². The molecule has 0 bridgehead atoms. The summed E-state index contributed by atoms with van der Waals surface area (Å²) in [6.45, 7) is 9.19. The molecule has 6 nitrogen and oxygen atoms in total. The number of carbonyl (C=O) groups excluding carboxylic acids is 1. The number of piperidine rings is 1. The van der Waals surface area contributed by atoms with E-state index in [1.165, 1.54) is 0 Å². The highest BCUT2D eigenvalue weighted by molar-refractivity contribution is 5.98. The first-order valence-electron chi connectivity index (χ1n) is 10.6. The zero-order valence-electron chi connectivity index (χ0n) is 18.0. The zero-order valence-corrected chi connectivity index (χ0v) is 18.0. The van der Waals surface area contributed by atoms with E-state index in [-0.39, 0.29) is 18.0 Å². The number of ether oxygens (including phenoxy) is 2. The normalized spacial score (nSPS) is 16.9. The van der Waals surface area contributed by atoms with Crippen molar-refractivity contribution in [2.75, 3.05) is 33.4 Å². The molecule has 1 aliphatic rings. The number of methoxy groups -OCH3 is 1. The third kappa shape index (κ3) is 5.06. The molecule has 2 aromatic rings. The highest BCUT2D eigenvalue weighted by Crippen LogP contribution is 2.29. The van der Waals surface area contributed by atoms with Crippen molar-refractivity contribution in [2.24, 2.45) is 0 Å². The molecule has 1 saturated heterocycles. The van der Waals surface area contributed by atoms with Crippen LogP contribution in [0.4, 0.5) is 0 Å². The third-order valence-electron chi connectivity index (χ3n) is 5.43. The van der Waals surface area contributed by atoms with Gasteiger partial charge in [-0.1, -0.05) is 12.1 Å². The molecule has 158 valence electrons. The molecule has 1 atom stereocenters. The summed E-state index contributed by atoms with van der Waals surface area (Å²) >= 11 is 0. The number of nitrogens with one attached hydrogen (secondary N) is 1. The summed E-state index contributed by atoms with van der Waals surface area (Å²) in [6.07, 6.45) is 2.89. The molecule has 1 aliphatic heterocycles. The lowest BCUT2D eigenvalue weighted by atomic mass is 10.0. The minimum absolute atomic E-state index is 0.0272. The van der Waals surface area contributed by atoms with Crippen LogP contribution in [-0.2, 0) is 4.74 Å². The molecule has 0 spiro atoms. The highest BCUT2D eigenvalue weighted by atomic mass is 16.5. The van der Waals surface area contributed by atoms with Gasteiger partial charge in [-0.3, -0.25) is 4.79 Å². The molecule has 3 rings (SSSR count). The van der Waals surface area contributed by atoms with E-state index >= 15 is 0 Å². The summed E-state index contributed by atoms with van der Waals surface area (Å²) in [7, 11) is 1.68. The molecule has 1 fully saturated rings. The number of carbonyl (C=O) groups is 1. The number of hydrogen-bond donors (Lipinski definition) is 1. The van der Waals surface area contributed by atoms with E-state index in [9.17, 15) is 4.79 Å². The molecule has 0 radical (unpaired) electrons. The van der Waals surface area contributed by atoms with Gasteiger partial charge in [-0.25, -0.2) is 4.98 Å². The smallest absolute Gasteiger partial charge is 0.273 e. The number of amides is 1. The number of aryl methyl sites for hydroxylation is 1. The molecule has 1 N–H and O–H groups in total. The number of rotatable bonds is 8. The van der Waals surface area contributed by atoms with E-state index in [1.807, 2.05) is 36.1 Å². The van der Waals surface area contributed by atoms with Gasteiger partial charge in [-0.2, -0.15) is 0 Å². The van der Waals surface area contributed by atoms with Gasteiger partial charge in [-0.05, 0) is 51.8 Å². The second kappa shape index (κ2) is 10.0. The molecular weight excluding hydrogens is 366 g/mol. The highest BCUT2D eigenvalue weighted by Gasteiger charge is 2.29. The monoisotopic (exact) mass is 399 g/mol. The van der Waals surface area contributed by atoms with Gasteiger partial charge in [-0.15, -0.1) is 0 Å². The molecule has 1 aromatic carbocycles. The second-order valence-corrected chi connectivity index (χ2v) is 7.98. The minimum atomic E-state index is -0.0272. The third-order valence-corrected chi connectivity index (χ3v) is 5.43. The van der Waals surface area contributed by atoms with Crippen molar-refractivity contribution >= 4 is 16.8 Å². The Balaban J connectivity index is 1.96. The minimum Gasteiger partial charge on any atom is -0.493 e. The summed E-state index contributed by atoms with van der Waals surface area (Å²) in [6, 6.07) is 8.12. The zero-order chi connectivity index (χ0) is 20.8. The molecule has 0 unspecified atom stereocenters. The largest absolute Gasteiger partial charge is 0.493 e. The predicted octanol–water partition coefficient (Wildman–Crippen LogP) is 3.56. The lowest BCUT2D eigenvalue weighted by Gasteiger charge is -2.37. The van der Waals surface area contributed by atoms with Gasteiger partial charge < -0.3 is 19.7 Å². The maximum absolute atomic E-state index is 13.5. The molecule has 29 heavy (non-hydrogen) atoms. The first-order chi connectivity index (χ1) is 14.0. The molecule has 0 aliphatic carbocycles. The van der Waals surface area contributed by atoms with Gasteiger partial charge in [0.15, 0.2) is 0 Å². The van der Waals surface area contributed by atoms with E-state index in [1.54, 1.807) is 7.11 Å². The molecule has 1 amide bonds. The number of hydrogen-bond acceptors (Lipinski definition) is 5. The fourth-order valence-electron chi connectivity index (χ4n) is 4.00. The van der Waals surface area contributed by atoms with E-state index in [2.05, 4.69) is 19.2 Å². The summed E-state index contributed by atoms with van der Waals surface area (Å²) < 4.78 is 11.2. The molecule has 1 aromatic heterocycles. The molecule has 6 heteroatoms. The van der Waals surface area contributed by atoms with Crippen molar-refractivity contribution in [3.05, 3.63) is 35.5 Å². The van der Waals surface area contributed by atoms with Crippen molar-refractivity contribution in [1.29, 1.82) is 0 Å². The van der Waals surface area contributed by atoms with Crippen LogP contribution in [0.5, 0.6) is 5.75 Å².